The zero-order valence-corrected chi connectivity index (χ0v) is 15.8. The molecule has 1 N–H and O–H groups in total. The number of carbonyl (C=O) groups excluding carboxylic acids is 2. The van der Waals surface area contributed by atoms with Gasteiger partial charge in [0.2, 0.25) is 11.8 Å². The highest BCUT2D eigenvalue weighted by Crippen LogP contribution is 2.24. The minimum atomic E-state index is -0.283. The molecule has 5 heteroatoms. The average molecular weight is 354 g/mol. The molecule has 0 heterocycles. The second-order valence-corrected chi connectivity index (χ2v) is 7.13. The molecule has 0 saturated carbocycles. The summed E-state index contributed by atoms with van der Waals surface area (Å²) in [6.45, 7) is 7.61. The molecule has 0 saturated heterocycles. The van der Waals surface area contributed by atoms with Crippen molar-refractivity contribution in [2.75, 3.05) is 11.4 Å². The molecule has 0 atom stereocenters. The molecule has 0 fully saturated rings. The molecule has 138 valence electrons. The van der Waals surface area contributed by atoms with Crippen LogP contribution in [0.3, 0.4) is 0 Å². The molecule has 0 aliphatic carbocycles. The van der Waals surface area contributed by atoms with Gasteiger partial charge in [-0.05, 0) is 57.2 Å². The number of hydrogen-bond donors (Lipinski definition) is 1. The van der Waals surface area contributed by atoms with Crippen molar-refractivity contribution in [3.05, 3.63) is 54.6 Å². The number of nitrogens with one attached hydrogen (secondary N) is 1. The second-order valence-electron chi connectivity index (χ2n) is 7.13. The molecular formula is C21H26N2O3. The fourth-order valence-electron chi connectivity index (χ4n) is 2.48. The van der Waals surface area contributed by atoms with Gasteiger partial charge in [-0.15, -0.1) is 0 Å². The fraction of sp³-hybridized carbons (Fsp3) is 0.333. The Morgan fingerprint density at radius 2 is 1.54 bits per heavy atom. The van der Waals surface area contributed by atoms with Gasteiger partial charge < -0.3 is 15.0 Å². The summed E-state index contributed by atoms with van der Waals surface area (Å²) in [4.78, 5) is 25.6. The maximum Gasteiger partial charge on any atom is 0.223 e. The minimum Gasteiger partial charge on any atom is -0.457 e. The van der Waals surface area contributed by atoms with Gasteiger partial charge in [-0.3, -0.25) is 9.59 Å². The third kappa shape index (κ3) is 6.24. The highest BCUT2D eigenvalue weighted by atomic mass is 16.5. The van der Waals surface area contributed by atoms with Crippen LogP contribution in [-0.2, 0) is 9.59 Å². The van der Waals surface area contributed by atoms with E-state index in [1.54, 1.807) is 4.90 Å². The summed E-state index contributed by atoms with van der Waals surface area (Å²) in [5.74, 6) is 1.26. The first-order valence-corrected chi connectivity index (χ1v) is 8.67. The Bertz CT molecular complexity index is 734. The zero-order chi connectivity index (χ0) is 19.2. The van der Waals surface area contributed by atoms with Gasteiger partial charge in [0.1, 0.15) is 11.5 Å². The Labute approximate surface area is 155 Å². The molecular weight excluding hydrogens is 328 g/mol. The topological polar surface area (TPSA) is 58.6 Å². The first-order chi connectivity index (χ1) is 12.2. The largest absolute Gasteiger partial charge is 0.457 e. The Balaban J connectivity index is 2.01. The summed E-state index contributed by atoms with van der Waals surface area (Å²) in [5.41, 5.74) is 0.454. The first kappa shape index (κ1) is 19.5. The molecule has 2 aromatic rings. The minimum absolute atomic E-state index is 0.0761. The monoisotopic (exact) mass is 354 g/mol. The van der Waals surface area contributed by atoms with Crippen LogP contribution < -0.4 is 15.0 Å². The standard InChI is InChI=1S/C21H26N2O3/c1-16(24)23(15-14-20(25)22-21(2,3)4)17-10-12-19(13-11-17)26-18-8-6-5-7-9-18/h5-13H,14-15H2,1-4H3,(H,22,25). The molecule has 0 aromatic heterocycles. The Morgan fingerprint density at radius 1 is 0.962 bits per heavy atom. The van der Waals surface area contributed by atoms with Crippen LogP contribution in [0.4, 0.5) is 5.69 Å². The van der Waals surface area contributed by atoms with Gasteiger partial charge >= 0.3 is 0 Å². The van der Waals surface area contributed by atoms with Crippen molar-refractivity contribution in [3.63, 3.8) is 0 Å². The number of carbonyl (C=O) groups is 2. The number of rotatable bonds is 6. The molecule has 0 spiro atoms. The van der Waals surface area contributed by atoms with Crippen molar-refractivity contribution in [1.82, 2.24) is 5.32 Å². The molecule has 0 unspecified atom stereocenters. The highest BCUT2D eigenvalue weighted by molar-refractivity contribution is 5.92. The van der Waals surface area contributed by atoms with Crippen LogP contribution in [0.15, 0.2) is 54.6 Å². The molecule has 5 nitrogen and oxygen atoms in total. The van der Waals surface area contributed by atoms with Crippen LogP contribution in [0.1, 0.15) is 34.1 Å². The van der Waals surface area contributed by atoms with Crippen molar-refractivity contribution in [2.45, 2.75) is 39.7 Å². The summed E-state index contributed by atoms with van der Waals surface area (Å²) in [7, 11) is 0. The van der Waals surface area contributed by atoms with Crippen LogP contribution >= 0.6 is 0 Å². The predicted molar refractivity (Wildman–Crippen MR) is 103 cm³/mol. The van der Waals surface area contributed by atoms with Crippen LogP contribution in [0.2, 0.25) is 0 Å². The zero-order valence-electron chi connectivity index (χ0n) is 15.8. The number of para-hydroxylation sites is 1. The van der Waals surface area contributed by atoms with E-state index in [0.717, 1.165) is 11.4 Å². The Kier molecular flexibility index (Phi) is 6.39. The van der Waals surface area contributed by atoms with Gasteiger partial charge in [0.05, 0.1) is 0 Å². The van der Waals surface area contributed by atoms with Gasteiger partial charge in [0.25, 0.3) is 0 Å². The van der Waals surface area contributed by atoms with E-state index in [2.05, 4.69) is 5.32 Å². The molecule has 0 bridgehead atoms. The van der Waals surface area contributed by atoms with E-state index in [0.29, 0.717) is 12.3 Å². The van der Waals surface area contributed by atoms with Crippen molar-refractivity contribution in [3.8, 4) is 11.5 Å². The summed E-state index contributed by atoms with van der Waals surface area (Å²) < 4.78 is 5.76. The van der Waals surface area contributed by atoms with Crippen LogP contribution in [0.25, 0.3) is 0 Å². The van der Waals surface area contributed by atoms with E-state index >= 15 is 0 Å². The van der Waals surface area contributed by atoms with Crippen LogP contribution in [0.5, 0.6) is 11.5 Å². The molecule has 0 radical (unpaired) electrons. The maximum atomic E-state index is 12.0. The number of nitrogens with zero attached hydrogens (tertiary/aromatic N) is 1. The molecule has 2 rings (SSSR count). The fourth-order valence-corrected chi connectivity index (χ4v) is 2.48. The van der Waals surface area contributed by atoms with Gasteiger partial charge in [-0.1, -0.05) is 18.2 Å². The lowest BCUT2D eigenvalue weighted by Gasteiger charge is -2.24. The van der Waals surface area contributed by atoms with E-state index in [4.69, 9.17) is 4.74 Å². The van der Waals surface area contributed by atoms with Crippen molar-refractivity contribution in [1.29, 1.82) is 0 Å². The lowest BCUT2D eigenvalue weighted by atomic mass is 10.1. The van der Waals surface area contributed by atoms with E-state index in [9.17, 15) is 9.59 Å². The SMILES string of the molecule is CC(=O)N(CCC(=O)NC(C)(C)C)c1ccc(Oc2ccccc2)cc1. The molecule has 0 aliphatic rings. The lowest BCUT2D eigenvalue weighted by Crippen LogP contribution is -2.42. The van der Waals surface area contributed by atoms with E-state index in [1.165, 1.54) is 6.92 Å². The Hall–Kier alpha value is -2.82. The van der Waals surface area contributed by atoms with Gasteiger partial charge in [0.15, 0.2) is 0 Å². The maximum absolute atomic E-state index is 12.0. The second kappa shape index (κ2) is 8.52. The van der Waals surface area contributed by atoms with E-state index in [-0.39, 0.29) is 23.8 Å². The average Bonchev–Trinajstić information content (AvgIpc) is 2.55. The number of ether oxygens (including phenoxy) is 1. The molecule has 26 heavy (non-hydrogen) atoms. The number of benzene rings is 2. The van der Waals surface area contributed by atoms with Crippen LogP contribution in [-0.4, -0.2) is 23.9 Å². The highest BCUT2D eigenvalue weighted by Gasteiger charge is 2.17. The van der Waals surface area contributed by atoms with Crippen LogP contribution in [0, 0.1) is 0 Å². The molecule has 2 amide bonds. The summed E-state index contributed by atoms with van der Waals surface area (Å²) >= 11 is 0. The normalized spacial score (nSPS) is 10.9. The van der Waals surface area contributed by atoms with Crippen molar-refractivity contribution < 1.29 is 14.3 Å². The third-order valence-corrected chi connectivity index (χ3v) is 3.58. The van der Waals surface area contributed by atoms with Crippen molar-refractivity contribution in [2.24, 2.45) is 0 Å². The lowest BCUT2D eigenvalue weighted by molar-refractivity contribution is -0.122. The molecule has 0 aliphatic heterocycles. The number of anilines is 1. The predicted octanol–water partition coefficient (Wildman–Crippen LogP) is 4.14. The first-order valence-electron chi connectivity index (χ1n) is 8.67. The summed E-state index contributed by atoms with van der Waals surface area (Å²) in [6.07, 6.45) is 0.249. The summed E-state index contributed by atoms with van der Waals surface area (Å²) in [5, 5.41) is 2.90. The third-order valence-electron chi connectivity index (χ3n) is 3.58. The number of amides is 2. The van der Waals surface area contributed by atoms with E-state index < -0.39 is 0 Å². The quantitative estimate of drug-likeness (QED) is 0.848. The summed E-state index contributed by atoms with van der Waals surface area (Å²) in [6, 6.07) is 16.8. The van der Waals surface area contributed by atoms with Gasteiger partial charge in [0, 0.05) is 31.1 Å². The number of hydrogen-bond acceptors (Lipinski definition) is 3. The Morgan fingerprint density at radius 3 is 2.08 bits per heavy atom. The van der Waals surface area contributed by atoms with Crippen molar-refractivity contribution >= 4 is 17.5 Å². The van der Waals surface area contributed by atoms with E-state index in [1.807, 2.05) is 75.4 Å². The van der Waals surface area contributed by atoms with Gasteiger partial charge in [-0.25, -0.2) is 0 Å². The molecule has 2 aromatic carbocycles. The van der Waals surface area contributed by atoms with Gasteiger partial charge in [-0.2, -0.15) is 0 Å². The smallest absolute Gasteiger partial charge is 0.223 e.